The highest BCUT2D eigenvalue weighted by atomic mass is 16.5. The second-order valence-electron chi connectivity index (χ2n) is 28.1. The van der Waals surface area contributed by atoms with Crippen LogP contribution < -0.4 is 58.8 Å². The summed E-state index contributed by atoms with van der Waals surface area (Å²) in [6, 6.07) is 123. The maximum Gasteiger partial charge on any atom is 0.631 e. The number of para-hydroxylation sites is 12. The molecule has 24 nitrogen and oxygen atoms in total. The largest absolute Gasteiger partial charge is 0.631 e. The van der Waals surface area contributed by atoms with Gasteiger partial charge in [0.25, 0.3) is 0 Å². The van der Waals surface area contributed by atoms with Crippen molar-refractivity contribution in [3.63, 3.8) is 0 Å². The van der Waals surface area contributed by atoms with Gasteiger partial charge in [-0.2, -0.15) is 0 Å². The first-order valence-electron chi connectivity index (χ1n) is 39.4. The van der Waals surface area contributed by atoms with Crippen molar-refractivity contribution < 1.29 is 60.3 Å². The van der Waals surface area contributed by atoms with Gasteiger partial charge in [0.05, 0.1) is 0 Å². The van der Waals surface area contributed by atoms with Crippen LogP contribution in [0.5, 0.6) is 0 Å². The van der Waals surface area contributed by atoms with Crippen LogP contribution in [0, 0.1) is 0 Å². The molecule has 0 saturated carbocycles. The Kier molecular flexibility index (Phi) is 73.6. The van der Waals surface area contributed by atoms with Crippen molar-refractivity contribution in [2.75, 3.05) is 228 Å². The van der Waals surface area contributed by atoms with Crippen molar-refractivity contribution in [2.24, 2.45) is 0 Å². The van der Waals surface area contributed by atoms with Crippen LogP contribution in [0.15, 0.2) is 364 Å². The predicted octanol–water partition coefficient (Wildman–Crippen LogP) is 12.8. The van der Waals surface area contributed by atoms with Crippen molar-refractivity contribution in [3.05, 3.63) is 364 Å². The number of hydrogen-bond acceptors (Lipinski definition) is 24. The number of hydrogen-bond donors (Lipinski definition) is 12. The molecule has 12 rings (SSSR count). The summed E-state index contributed by atoms with van der Waals surface area (Å²) < 4.78 is 0. The molecule has 12 N–H and O–H groups in total. The van der Waals surface area contributed by atoms with E-state index in [0.29, 0.717) is 0 Å². The van der Waals surface area contributed by atoms with Gasteiger partial charge in [0.2, 0.25) is 0 Å². The lowest BCUT2D eigenvalue weighted by Crippen LogP contribution is -2.07. The molecule has 672 valence electrons. The number of rotatable bonds is 12. The third-order valence-electron chi connectivity index (χ3n) is 15.3. The van der Waals surface area contributed by atoms with Crippen molar-refractivity contribution >= 4 is 97.5 Å². The smallest absolute Gasteiger partial charge is 0.402 e. The molecule has 0 bridgehead atoms. The zero-order chi connectivity index (χ0) is 94.6. The van der Waals surface area contributed by atoms with Gasteiger partial charge >= 0.3 is 29.3 Å². The Balaban J connectivity index is -0.000000623. The van der Waals surface area contributed by atoms with E-state index in [1.807, 2.05) is 388 Å². The van der Waals surface area contributed by atoms with E-state index in [-0.39, 0.29) is 0 Å². The SMILES string of the molecule is CN(C)c1ccccc1.CN(C)c1ccccc1.CN(C)c1ccccc1.CN(C)c1ccccc1.CN(C)c1ccccc1.CN(C)c1ccccc1.CN(C)c1ccccc1.CN(C)c1ccccc1.CN(C)c1ccccc1.CN(C)c1ccccc1.CN(C)c1ccccc1.CN(C)c1ccccc1.OB(O)O.OB(O)O.OB(O)O.OB(O)O. The average Bonchev–Trinajstić information content (AvgIpc) is 1.05. The standard InChI is InChI=1S/12C8H11N.4BH3O3/c12*1-9(2)8-6-4-3-5-7-8;4*2-1(3)4/h12*3-7H,1-2H3;4*2-4H. The van der Waals surface area contributed by atoms with Gasteiger partial charge in [0.15, 0.2) is 0 Å². The van der Waals surface area contributed by atoms with E-state index in [2.05, 4.69) is 204 Å². The van der Waals surface area contributed by atoms with Crippen LogP contribution in [0.4, 0.5) is 68.2 Å². The Morgan fingerprint density at radius 1 is 0.105 bits per heavy atom. The van der Waals surface area contributed by atoms with E-state index >= 15 is 0 Å². The number of anilines is 12. The third-order valence-corrected chi connectivity index (χ3v) is 15.3. The van der Waals surface area contributed by atoms with Crippen molar-refractivity contribution in [2.45, 2.75) is 0 Å². The lowest BCUT2D eigenvalue weighted by Gasteiger charge is -2.10. The molecule has 0 fully saturated rings. The zero-order valence-corrected chi connectivity index (χ0v) is 77.7. The molecule has 124 heavy (non-hydrogen) atoms. The quantitative estimate of drug-likeness (QED) is 0.0507. The van der Waals surface area contributed by atoms with Crippen LogP contribution in [0.2, 0.25) is 0 Å². The van der Waals surface area contributed by atoms with Gasteiger partial charge in [-0.3, -0.25) is 0 Å². The molecule has 12 aromatic carbocycles. The molecule has 0 heterocycles. The van der Waals surface area contributed by atoms with E-state index in [1.54, 1.807) is 0 Å². The summed E-state index contributed by atoms with van der Waals surface area (Å²) in [5.74, 6) is 0. The summed E-state index contributed by atoms with van der Waals surface area (Å²) >= 11 is 0. The molecule has 0 aromatic heterocycles. The molecular weight excluding hydrogens is 1560 g/mol. The molecule has 12 aromatic rings. The molecule has 0 unspecified atom stereocenters. The summed E-state index contributed by atoms with van der Waals surface area (Å²) in [4.78, 5) is 25.0. The van der Waals surface area contributed by atoms with Gasteiger partial charge in [-0.05, 0) is 146 Å². The third kappa shape index (κ3) is 75.0. The molecular formula is C96H144B4N12O12. The van der Waals surface area contributed by atoms with Crippen molar-refractivity contribution in [1.82, 2.24) is 0 Å². The fourth-order valence-corrected chi connectivity index (χ4v) is 8.71. The second-order valence-corrected chi connectivity index (χ2v) is 28.1. The predicted molar refractivity (Wildman–Crippen MR) is 539 cm³/mol. The van der Waals surface area contributed by atoms with Gasteiger partial charge in [-0.25, -0.2) is 0 Å². The maximum atomic E-state index is 7.17. The summed E-state index contributed by atoms with van der Waals surface area (Å²) in [6.45, 7) is 0. The Morgan fingerprint density at radius 2 is 0.145 bits per heavy atom. The van der Waals surface area contributed by atoms with Gasteiger partial charge < -0.3 is 119 Å². The minimum atomic E-state index is -2.17. The Morgan fingerprint density at radius 3 is 0.169 bits per heavy atom. The molecule has 0 aliphatic rings. The summed E-state index contributed by atoms with van der Waals surface area (Å²) in [5.41, 5.74) is 15.0. The van der Waals surface area contributed by atoms with Crippen LogP contribution in [-0.4, -0.2) is 259 Å². The van der Waals surface area contributed by atoms with E-state index < -0.39 is 29.3 Å². The summed E-state index contributed by atoms with van der Waals surface area (Å²) in [7, 11) is 40.2. The first-order chi connectivity index (χ1) is 58.6. The maximum absolute atomic E-state index is 7.17. The molecule has 0 aliphatic carbocycles. The highest BCUT2D eigenvalue weighted by Gasteiger charge is 1.98. The molecule has 0 saturated heterocycles. The fraction of sp³-hybridized carbons (Fsp3) is 0.250. The van der Waals surface area contributed by atoms with Gasteiger partial charge in [-0.1, -0.05) is 218 Å². The zero-order valence-electron chi connectivity index (χ0n) is 77.7. The van der Waals surface area contributed by atoms with E-state index in [4.69, 9.17) is 60.3 Å². The Hall–Kier alpha value is -12.0. The van der Waals surface area contributed by atoms with Crippen LogP contribution in [0.3, 0.4) is 0 Å². The normalized spacial score (nSPS) is 8.81. The van der Waals surface area contributed by atoms with Gasteiger partial charge in [0, 0.05) is 237 Å². The molecule has 0 spiro atoms. The van der Waals surface area contributed by atoms with E-state index in [0.717, 1.165) is 0 Å². The second kappa shape index (κ2) is 77.1. The molecule has 28 heteroatoms. The van der Waals surface area contributed by atoms with Crippen molar-refractivity contribution in [1.29, 1.82) is 0 Å². The number of benzene rings is 12. The van der Waals surface area contributed by atoms with Crippen LogP contribution >= 0.6 is 0 Å². The van der Waals surface area contributed by atoms with Crippen LogP contribution in [0.25, 0.3) is 0 Å². The summed E-state index contributed by atoms with van der Waals surface area (Å²) in [5, 5.41) is 86.0. The first kappa shape index (κ1) is 118. The van der Waals surface area contributed by atoms with Crippen LogP contribution in [-0.2, 0) is 0 Å². The summed E-state index contributed by atoms with van der Waals surface area (Å²) in [6.07, 6.45) is 0. The van der Waals surface area contributed by atoms with E-state index in [9.17, 15) is 0 Å². The molecule has 0 aliphatic heterocycles. The average molecular weight is 1700 g/mol. The number of nitrogens with zero attached hydrogens (tertiary/aromatic N) is 12. The molecule has 0 atom stereocenters. The topological polar surface area (TPSA) is 282 Å². The monoisotopic (exact) mass is 1700 g/mol. The minimum Gasteiger partial charge on any atom is -0.402 e. The van der Waals surface area contributed by atoms with Gasteiger partial charge in [-0.15, -0.1) is 0 Å². The van der Waals surface area contributed by atoms with Gasteiger partial charge in [0.1, 0.15) is 0 Å². The highest BCUT2D eigenvalue weighted by Crippen LogP contribution is 2.15. The Bertz CT molecular complexity index is 3210. The van der Waals surface area contributed by atoms with Crippen LogP contribution in [0.1, 0.15) is 0 Å². The fourth-order valence-electron chi connectivity index (χ4n) is 8.71. The minimum absolute atomic E-state index is 1.25. The lowest BCUT2D eigenvalue weighted by atomic mass is 10.3. The Labute approximate surface area is 745 Å². The van der Waals surface area contributed by atoms with E-state index in [1.165, 1.54) is 68.2 Å². The highest BCUT2D eigenvalue weighted by molar-refractivity contribution is 6.31. The first-order valence-corrected chi connectivity index (χ1v) is 39.4. The van der Waals surface area contributed by atoms with Crippen molar-refractivity contribution in [3.8, 4) is 0 Å². The molecule has 0 amide bonds. The molecule has 0 radical (unpaired) electrons. The lowest BCUT2D eigenvalue weighted by molar-refractivity contribution is 0.276.